The molecule has 0 atom stereocenters. The van der Waals surface area contributed by atoms with Crippen molar-refractivity contribution in [1.82, 2.24) is 0 Å². The predicted molar refractivity (Wildman–Crippen MR) is 114 cm³/mol. The molecule has 150 valence electrons. The third kappa shape index (κ3) is 5.99. The highest BCUT2D eigenvalue weighted by atomic mass is 35.5. The Morgan fingerprint density at radius 1 is 0.893 bits per heavy atom. The Labute approximate surface area is 171 Å². The minimum absolute atomic E-state index is 0.232. The van der Waals surface area contributed by atoms with Gasteiger partial charge in [0.15, 0.2) is 0 Å². The zero-order chi connectivity index (χ0) is 21.1. The van der Waals surface area contributed by atoms with Crippen LogP contribution >= 0.6 is 11.6 Å². The van der Waals surface area contributed by atoms with E-state index in [9.17, 15) is 9.59 Å². The number of carbonyl (C=O) groups is 2. The van der Waals surface area contributed by atoms with Gasteiger partial charge in [0.1, 0.15) is 5.60 Å². The number of benzene rings is 2. The molecule has 0 radical (unpaired) electrons. The van der Waals surface area contributed by atoms with E-state index in [1.54, 1.807) is 53.4 Å². The van der Waals surface area contributed by atoms with Crippen LogP contribution in [0.1, 0.15) is 51.9 Å². The summed E-state index contributed by atoms with van der Waals surface area (Å²) in [5.74, 6) is -0.232. The number of hydrogen-bond donors (Lipinski definition) is 1. The fraction of sp³-hybridized carbons (Fsp3) is 0.364. The number of rotatable bonds is 3. The zero-order valence-corrected chi connectivity index (χ0v) is 17.9. The molecule has 0 fully saturated rings. The molecule has 0 aliphatic rings. The summed E-state index contributed by atoms with van der Waals surface area (Å²) < 4.78 is 5.55. The summed E-state index contributed by atoms with van der Waals surface area (Å²) in [5, 5.41) is 3.41. The van der Waals surface area contributed by atoms with Crippen LogP contribution in [-0.2, 0) is 4.74 Å². The van der Waals surface area contributed by atoms with E-state index in [0.717, 1.165) is 0 Å². The molecule has 0 heterocycles. The van der Waals surface area contributed by atoms with E-state index in [-0.39, 0.29) is 5.91 Å². The SMILES string of the molecule is CC(C)(C)OC(=O)N(c1ccc(NC(=O)c2ccc(Cl)cc2)cc1)C(C)(C)C. The van der Waals surface area contributed by atoms with Crippen LogP contribution in [0.2, 0.25) is 5.02 Å². The first kappa shape index (κ1) is 21.8. The molecule has 0 spiro atoms. The first-order valence-electron chi connectivity index (χ1n) is 9.07. The summed E-state index contributed by atoms with van der Waals surface area (Å²) in [6, 6.07) is 13.7. The third-order valence-electron chi connectivity index (χ3n) is 3.74. The van der Waals surface area contributed by atoms with Crippen LogP contribution in [0.4, 0.5) is 16.2 Å². The van der Waals surface area contributed by atoms with E-state index >= 15 is 0 Å². The average Bonchev–Trinajstić information content (AvgIpc) is 2.54. The minimum Gasteiger partial charge on any atom is -0.443 e. The average molecular weight is 403 g/mol. The second kappa shape index (κ2) is 8.23. The molecule has 0 aliphatic heterocycles. The summed E-state index contributed by atoms with van der Waals surface area (Å²) >= 11 is 5.85. The number of nitrogens with one attached hydrogen (secondary N) is 1. The number of carbonyl (C=O) groups excluding carboxylic acids is 2. The Morgan fingerprint density at radius 2 is 1.43 bits per heavy atom. The van der Waals surface area contributed by atoms with Crippen LogP contribution in [-0.4, -0.2) is 23.1 Å². The summed E-state index contributed by atoms with van der Waals surface area (Å²) in [6.07, 6.45) is -0.419. The monoisotopic (exact) mass is 402 g/mol. The van der Waals surface area contributed by atoms with Gasteiger partial charge in [-0.05, 0) is 90.1 Å². The van der Waals surface area contributed by atoms with Gasteiger partial charge >= 0.3 is 6.09 Å². The first-order valence-corrected chi connectivity index (χ1v) is 9.45. The van der Waals surface area contributed by atoms with Crippen molar-refractivity contribution in [2.24, 2.45) is 0 Å². The van der Waals surface area contributed by atoms with Crippen molar-refractivity contribution >= 4 is 35.0 Å². The number of amides is 2. The van der Waals surface area contributed by atoms with Crippen molar-refractivity contribution in [3.05, 3.63) is 59.1 Å². The lowest BCUT2D eigenvalue weighted by atomic mass is 10.1. The molecule has 2 aromatic rings. The quantitative estimate of drug-likeness (QED) is 0.671. The second-order valence-electron chi connectivity index (χ2n) is 8.49. The highest BCUT2D eigenvalue weighted by Crippen LogP contribution is 2.28. The molecule has 6 heteroatoms. The Balaban J connectivity index is 2.19. The molecule has 2 rings (SSSR count). The Bertz CT molecular complexity index is 832. The molecule has 0 aromatic heterocycles. The van der Waals surface area contributed by atoms with Gasteiger partial charge in [-0.25, -0.2) is 4.79 Å². The predicted octanol–water partition coefficient (Wildman–Crippen LogP) is 6.13. The van der Waals surface area contributed by atoms with Crippen molar-refractivity contribution in [3.63, 3.8) is 0 Å². The van der Waals surface area contributed by atoms with Crippen molar-refractivity contribution in [2.75, 3.05) is 10.2 Å². The van der Waals surface area contributed by atoms with Crippen molar-refractivity contribution < 1.29 is 14.3 Å². The van der Waals surface area contributed by atoms with E-state index in [2.05, 4.69) is 5.32 Å². The van der Waals surface area contributed by atoms with Gasteiger partial charge in [0.2, 0.25) is 0 Å². The topological polar surface area (TPSA) is 58.6 Å². The smallest absolute Gasteiger partial charge is 0.415 e. The molecule has 2 amide bonds. The van der Waals surface area contributed by atoms with Gasteiger partial charge < -0.3 is 10.1 Å². The van der Waals surface area contributed by atoms with Gasteiger partial charge in [-0.2, -0.15) is 0 Å². The molecule has 0 bridgehead atoms. The molecule has 28 heavy (non-hydrogen) atoms. The zero-order valence-electron chi connectivity index (χ0n) is 17.2. The standard InChI is InChI=1S/C22H27ClN2O3/c1-21(2,3)25(20(27)28-22(4,5)6)18-13-11-17(12-14-18)24-19(26)15-7-9-16(23)10-8-15/h7-14H,1-6H3,(H,24,26). The summed E-state index contributed by atoms with van der Waals surface area (Å²) in [5.41, 5.74) is 0.760. The lowest BCUT2D eigenvalue weighted by Gasteiger charge is -2.36. The number of nitrogens with zero attached hydrogens (tertiary/aromatic N) is 1. The maximum atomic E-state index is 12.7. The Morgan fingerprint density at radius 3 is 1.89 bits per heavy atom. The van der Waals surface area contributed by atoms with Crippen LogP contribution in [0.5, 0.6) is 0 Å². The fourth-order valence-electron chi connectivity index (χ4n) is 2.57. The molecular formula is C22H27ClN2O3. The van der Waals surface area contributed by atoms with Gasteiger partial charge in [0.05, 0.1) is 0 Å². The van der Waals surface area contributed by atoms with Crippen molar-refractivity contribution in [1.29, 1.82) is 0 Å². The van der Waals surface area contributed by atoms with Crippen molar-refractivity contribution in [3.8, 4) is 0 Å². The molecule has 0 saturated carbocycles. The molecule has 0 unspecified atom stereocenters. The van der Waals surface area contributed by atoms with Crippen LogP contribution < -0.4 is 10.2 Å². The van der Waals surface area contributed by atoms with E-state index in [1.165, 1.54) is 0 Å². The van der Waals surface area contributed by atoms with Crippen LogP contribution in [0.25, 0.3) is 0 Å². The second-order valence-corrected chi connectivity index (χ2v) is 8.93. The van der Waals surface area contributed by atoms with Crippen molar-refractivity contribution in [2.45, 2.75) is 52.7 Å². The number of ether oxygens (including phenoxy) is 1. The van der Waals surface area contributed by atoms with Gasteiger partial charge in [0.25, 0.3) is 5.91 Å². The molecule has 2 aromatic carbocycles. The molecule has 5 nitrogen and oxygen atoms in total. The van der Waals surface area contributed by atoms with Crippen LogP contribution in [0.3, 0.4) is 0 Å². The van der Waals surface area contributed by atoms with Crippen LogP contribution in [0.15, 0.2) is 48.5 Å². The fourth-order valence-corrected chi connectivity index (χ4v) is 2.70. The van der Waals surface area contributed by atoms with Gasteiger partial charge in [-0.15, -0.1) is 0 Å². The molecule has 0 aliphatic carbocycles. The Kier molecular flexibility index (Phi) is 6.40. The van der Waals surface area contributed by atoms with Gasteiger partial charge in [0, 0.05) is 27.5 Å². The maximum absolute atomic E-state index is 12.7. The molecule has 0 saturated heterocycles. The largest absolute Gasteiger partial charge is 0.443 e. The maximum Gasteiger partial charge on any atom is 0.415 e. The van der Waals surface area contributed by atoms with Gasteiger partial charge in [-0.3, -0.25) is 9.69 Å². The summed E-state index contributed by atoms with van der Waals surface area (Å²) in [7, 11) is 0. The van der Waals surface area contributed by atoms with E-state index in [0.29, 0.717) is 22.0 Å². The Hall–Kier alpha value is -2.53. The number of halogens is 1. The van der Waals surface area contributed by atoms with E-state index in [4.69, 9.17) is 16.3 Å². The highest BCUT2D eigenvalue weighted by Gasteiger charge is 2.32. The van der Waals surface area contributed by atoms with E-state index in [1.807, 2.05) is 41.5 Å². The first-order chi connectivity index (χ1) is 12.9. The summed E-state index contributed by atoms with van der Waals surface area (Å²) in [6.45, 7) is 11.3. The molecule has 1 N–H and O–H groups in total. The molecular weight excluding hydrogens is 376 g/mol. The number of anilines is 2. The minimum atomic E-state index is -0.590. The normalized spacial score (nSPS) is 11.7. The van der Waals surface area contributed by atoms with Gasteiger partial charge in [-0.1, -0.05) is 11.6 Å². The van der Waals surface area contributed by atoms with Crippen LogP contribution in [0, 0.1) is 0 Å². The highest BCUT2D eigenvalue weighted by molar-refractivity contribution is 6.30. The lowest BCUT2D eigenvalue weighted by Crippen LogP contribution is -2.48. The van der Waals surface area contributed by atoms with E-state index < -0.39 is 17.2 Å². The number of hydrogen-bond acceptors (Lipinski definition) is 3. The summed E-state index contributed by atoms with van der Waals surface area (Å²) in [4.78, 5) is 26.6. The lowest BCUT2D eigenvalue weighted by molar-refractivity contribution is 0.0550. The third-order valence-corrected chi connectivity index (χ3v) is 3.99.